The number of imidazole rings is 1. The average Bonchev–Trinajstić information content (AvgIpc) is 2.71. The van der Waals surface area contributed by atoms with Crippen LogP contribution >= 0.6 is 27.5 Å². The molecule has 0 spiro atoms. The first-order valence-corrected chi connectivity index (χ1v) is 5.67. The van der Waals surface area contributed by atoms with E-state index in [9.17, 15) is 4.79 Å². The third-order valence-electron chi connectivity index (χ3n) is 2.42. The normalized spacial score (nSPS) is 11.4. The molecule has 0 saturated carbocycles. The summed E-state index contributed by atoms with van der Waals surface area (Å²) < 4.78 is 2.51. The van der Waals surface area contributed by atoms with Gasteiger partial charge in [0.05, 0.1) is 28.6 Å². The molecular formula is C10H5BrClN3O. The zero-order valence-electron chi connectivity index (χ0n) is 7.87. The van der Waals surface area contributed by atoms with Crippen LogP contribution in [-0.2, 0) is 0 Å². The summed E-state index contributed by atoms with van der Waals surface area (Å²) in [4.78, 5) is 18.4. The first kappa shape index (κ1) is 9.86. The maximum Gasteiger partial charge on any atom is 0.274 e. The van der Waals surface area contributed by atoms with Crippen LogP contribution in [0.15, 0.2) is 33.9 Å². The van der Waals surface area contributed by atoms with Crippen LogP contribution in [-0.4, -0.2) is 14.4 Å². The number of fused-ring (bicyclic) bond motifs is 3. The van der Waals surface area contributed by atoms with Crippen molar-refractivity contribution in [2.45, 2.75) is 0 Å². The number of aromatic nitrogens is 3. The highest BCUT2D eigenvalue weighted by molar-refractivity contribution is 9.10. The van der Waals surface area contributed by atoms with Gasteiger partial charge in [-0.1, -0.05) is 11.6 Å². The third kappa shape index (κ3) is 1.28. The molecule has 1 N–H and O–H groups in total. The number of rotatable bonds is 0. The van der Waals surface area contributed by atoms with Crippen molar-refractivity contribution in [1.82, 2.24) is 14.4 Å². The summed E-state index contributed by atoms with van der Waals surface area (Å²) in [6.45, 7) is 0. The molecule has 16 heavy (non-hydrogen) atoms. The molecule has 1 aromatic carbocycles. The van der Waals surface area contributed by atoms with Gasteiger partial charge in [-0.2, -0.15) is 0 Å². The van der Waals surface area contributed by atoms with Gasteiger partial charge >= 0.3 is 0 Å². The van der Waals surface area contributed by atoms with E-state index < -0.39 is 0 Å². The first-order valence-electron chi connectivity index (χ1n) is 4.50. The summed E-state index contributed by atoms with van der Waals surface area (Å²) in [7, 11) is 0. The summed E-state index contributed by atoms with van der Waals surface area (Å²) in [6, 6.07) is 3.56. The number of nitrogens with one attached hydrogen (secondary N) is 1. The maximum absolute atomic E-state index is 11.7. The van der Waals surface area contributed by atoms with E-state index in [-0.39, 0.29) is 5.56 Å². The van der Waals surface area contributed by atoms with Crippen LogP contribution in [0.3, 0.4) is 0 Å². The summed E-state index contributed by atoms with van der Waals surface area (Å²) in [6.07, 6.45) is 3.13. The molecule has 2 heterocycles. The van der Waals surface area contributed by atoms with Gasteiger partial charge in [0.2, 0.25) is 0 Å². The third-order valence-corrected chi connectivity index (χ3v) is 3.61. The molecule has 0 radical (unpaired) electrons. The minimum atomic E-state index is -0.177. The van der Waals surface area contributed by atoms with Crippen molar-refractivity contribution in [2.24, 2.45) is 0 Å². The molecule has 0 aliphatic heterocycles. The van der Waals surface area contributed by atoms with Crippen LogP contribution in [0.4, 0.5) is 0 Å². The van der Waals surface area contributed by atoms with Crippen LogP contribution < -0.4 is 5.56 Å². The molecule has 2 aromatic heterocycles. The smallest absolute Gasteiger partial charge is 0.274 e. The molecule has 6 heteroatoms. The Morgan fingerprint density at radius 2 is 2.19 bits per heavy atom. The lowest BCUT2D eigenvalue weighted by Crippen LogP contribution is -2.09. The van der Waals surface area contributed by atoms with E-state index in [2.05, 4.69) is 25.9 Å². The Hall–Kier alpha value is -1.33. The molecule has 0 saturated heterocycles. The highest BCUT2D eigenvalue weighted by Crippen LogP contribution is 2.26. The van der Waals surface area contributed by atoms with Crippen LogP contribution in [0.2, 0.25) is 5.02 Å². The van der Waals surface area contributed by atoms with Crippen LogP contribution in [0.25, 0.3) is 16.6 Å². The van der Waals surface area contributed by atoms with Crippen molar-refractivity contribution in [3.05, 3.63) is 44.5 Å². The fraction of sp³-hybridized carbons (Fsp3) is 0. The van der Waals surface area contributed by atoms with Gasteiger partial charge in [-0.15, -0.1) is 0 Å². The number of aromatic amines is 1. The van der Waals surface area contributed by atoms with Crippen molar-refractivity contribution in [3.8, 4) is 0 Å². The Morgan fingerprint density at radius 1 is 1.38 bits per heavy atom. The van der Waals surface area contributed by atoms with Crippen molar-refractivity contribution < 1.29 is 0 Å². The minimum absolute atomic E-state index is 0.177. The van der Waals surface area contributed by atoms with Gasteiger partial charge in [-0.25, -0.2) is 4.98 Å². The summed E-state index contributed by atoms with van der Waals surface area (Å²) in [5.41, 5.74) is 1.87. The van der Waals surface area contributed by atoms with E-state index >= 15 is 0 Å². The second-order valence-corrected chi connectivity index (χ2v) is 4.65. The molecule has 0 amide bonds. The topological polar surface area (TPSA) is 50.2 Å². The lowest BCUT2D eigenvalue weighted by molar-refractivity contribution is 1.16. The standard InChI is InChI=1S/C10H5BrClN3O/c11-5-1-8-7(2-6(5)12)14-10(16)9-3-13-4-15(8)9/h1-4H,(H,14,16). The van der Waals surface area contributed by atoms with Crippen molar-refractivity contribution in [1.29, 1.82) is 0 Å². The number of hydrogen-bond donors (Lipinski definition) is 1. The second-order valence-electron chi connectivity index (χ2n) is 3.39. The number of halogens is 2. The fourth-order valence-corrected chi connectivity index (χ4v) is 2.17. The number of benzene rings is 1. The number of nitrogens with zero attached hydrogens (tertiary/aromatic N) is 2. The van der Waals surface area contributed by atoms with E-state index in [4.69, 9.17) is 11.6 Å². The highest BCUT2D eigenvalue weighted by atomic mass is 79.9. The van der Waals surface area contributed by atoms with Gasteiger partial charge in [-0.05, 0) is 28.1 Å². The molecular weight excluding hydrogens is 293 g/mol. The predicted molar refractivity (Wildman–Crippen MR) is 66.0 cm³/mol. The van der Waals surface area contributed by atoms with Crippen LogP contribution in [0.5, 0.6) is 0 Å². The number of H-pyrrole nitrogens is 1. The molecule has 0 bridgehead atoms. The van der Waals surface area contributed by atoms with Gasteiger partial charge in [0.15, 0.2) is 0 Å². The molecule has 0 aliphatic rings. The minimum Gasteiger partial charge on any atom is -0.319 e. The fourth-order valence-electron chi connectivity index (χ4n) is 1.68. The molecule has 80 valence electrons. The maximum atomic E-state index is 11.7. The first-order chi connectivity index (χ1) is 7.66. The van der Waals surface area contributed by atoms with E-state index in [1.54, 1.807) is 16.8 Å². The lowest BCUT2D eigenvalue weighted by Gasteiger charge is -2.03. The Balaban J connectivity index is 2.64. The van der Waals surface area contributed by atoms with Crippen molar-refractivity contribution >= 4 is 44.1 Å². The SMILES string of the molecule is O=c1[nH]c2cc(Cl)c(Br)cc2n2cncc12. The average molecular weight is 299 g/mol. The predicted octanol–water partition coefficient (Wildman–Crippen LogP) is 2.59. The second kappa shape index (κ2) is 3.33. The van der Waals surface area contributed by atoms with Gasteiger partial charge in [0, 0.05) is 4.47 Å². The van der Waals surface area contributed by atoms with E-state index in [1.807, 2.05) is 6.07 Å². The van der Waals surface area contributed by atoms with E-state index in [1.165, 1.54) is 6.20 Å². The molecule has 0 aliphatic carbocycles. The summed E-state index contributed by atoms with van der Waals surface area (Å²) in [5, 5.41) is 0.558. The zero-order valence-corrected chi connectivity index (χ0v) is 10.2. The van der Waals surface area contributed by atoms with Gasteiger partial charge in [-0.3, -0.25) is 9.20 Å². The van der Waals surface area contributed by atoms with Crippen LogP contribution in [0, 0.1) is 0 Å². The quantitative estimate of drug-likeness (QED) is 0.693. The molecule has 3 aromatic rings. The van der Waals surface area contributed by atoms with Gasteiger partial charge in [0.25, 0.3) is 5.56 Å². The Kier molecular flexibility index (Phi) is 2.05. The molecule has 3 rings (SSSR count). The molecule has 0 unspecified atom stereocenters. The lowest BCUT2D eigenvalue weighted by atomic mass is 10.3. The van der Waals surface area contributed by atoms with Gasteiger partial charge < -0.3 is 4.98 Å². The van der Waals surface area contributed by atoms with Gasteiger partial charge in [0.1, 0.15) is 5.52 Å². The Bertz CT molecular complexity index is 762. The molecule has 4 nitrogen and oxygen atoms in total. The Morgan fingerprint density at radius 3 is 3.00 bits per heavy atom. The zero-order chi connectivity index (χ0) is 11.3. The van der Waals surface area contributed by atoms with E-state index in [0.29, 0.717) is 16.1 Å². The van der Waals surface area contributed by atoms with E-state index in [0.717, 1.165) is 9.99 Å². The molecule has 0 fully saturated rings. The van der Waals surface area contributed by atoms with Crippen LogP contribution in [0.1, 0.15) is 0 Å². The Labute approximate surface area is 103 Å². The number of hydrogen-bond acceptors (Lipinski definition) is 2. The summed E-state index contributed by atoms with van der Waals surface area (Å²) in [5.74, 6) is 0. The van der Waals surface area contributed by atoms with Crippen molar-refractivity contribution in [3.63, 3.8) is 0 Å². The monoisotopic (exact) mass is 297 g/mol. The van der Waals surface area contributed by atoms with Crippen molar-refractivity contribution in [2.75, 3.05) is 0 Å². The highest BCUT2D eigenvalue weighted by Gasteiger charge is 2.07. The largest absolute Gasteiger partial charge is 0.319 e. The molecule has 0 atom stereocenters. The summed E-state index contributed by atoms with van der Waals surface area (Å²) >= 11 is 9.32.